The van der Waals surface area contributed by atoms with Crippen LogP contribution in [0.1, 0.15) is 39.4 Å². The molecule has 2 rings (SSSR count). The molecule has 0 radical (unpaired) electrons. The molecular formula is C19H30N2O4S. The van der Waals surface area contributed by atoms with Crippen molar-refractivity contribution >= 4 is 23.5 Å². The number of benzene rings is 1. The van der Waals surface area contributed by atoms with E-state index in [1.807, 2.05) is 39.0 Å². The lowest BCUT2D eigenvalue weighted by atomic mass is 10.1. The molecule has 0 aliphatic carbocycles. The predicted molar refractivity (Wildman–Crippen MR) is 105 cm³/mol. The highest BCUT2D eigenvalue weighted by Gasteiger charge is 2.24. The fourth-order valence-electron chi connectivity index (χ4n) is 2.77. The molecule has 6 nitrogen and oxygen atoms in total. The van der Waals surface area contributed by atoms with Crippen molar-refractivity contribution < 1.29 is 19.7 Å². The van der Waals surface area contributed by atoms with E-state index in [0.717, 1.165) is 28.4 Å². The number of hydrogen-bond donors (Lipinski definition) is 2. The molecule has 26 heavy (non-hydrogen) atoms. The average molecular weight is 383 g/mol. The number of hydrogen-bond acceptors (Lipinski definition) is 6. The van der Waals surface area contributed by atoms with E-state index in [9.17, 15) is 15.0 Å². The summed E-state index contributed by atoms with van der Waals surface area (Å²) in [6, 6.07) is 6.02. The number of anilines is 1. The number of rotatable bonds is 6. The lowest BCUT2D eigenvalue weighted by Gasteiger charge is -2.34. The second-order valence-corrected chi connectivity index (χ2v) is 8.57. The molecule has 0 saturated heterocycles. The van der Waals surface area contributed by atoms with Crippen LogP contribution in [0.25, 0.3) is 0 Å². The van der Waals surface area contributed by atoms with Gasteiger partial charge in [0.2, 0.25) is 0 Å². The number of carbonyl (C=O) groups excluding carboxylic acids is 1. The van der Waals surface area contributed by atoms with Crippen molar-refractivity contribution in [1.29, 1.82) is 0 Å². The number of carbonyl (C=O) groups is 1. The number of amides is 1. The van der Waals surface area contributed by atoms with E-state index in [2.05, 4.69) is 4.90 Å². The van der Waals surface area contributed by atoms with Gasteiger partial charge in [-0.15, -0.1) is 11.8 Å². The summed E-state index contributed by atoms with van der Waals surface area (Å²) in [5.41, 5.74) is 1.48. The molecule has 1 aliphatic heterocycles. The van der Waals surface area contributed by atoms with Crippen LogP contribution in [0.5, 0.6) is 0 Å². The Kier molecular flexibility index (Phi) is 7.20. The summed E-state index contributed by atoms with van der Waals surface area (Å²) in [5, 5.41) is 19.0. The highest BCUT2D eigenvalue weighted by atomic mass is 32.2. The molecular weight excluding hydrogens is 352 g/mol. The van der Waals surface area contributed by atoms with Gasteiger partial charge in [0.05, 0.1) is 18.4 Å². The second kappa shape index (κ2) is 8.97. The van der Waals surface area contributed by atoms with Gasteiger partial charge < -0.3 is 24.7 Å². The maximum Gasteiger partial charge on any atom is 0.410 e. The van der Waals surface area contributed by atoms with Crippen LogP contribution in [0.15, 0.2) is 23.1 Å². The Bertz CT molecular complexity index is 616. The van der Waals surface area contributed by atoms with E-state index < -0.39 is 17.8 Å². The number of aliphatic hydroxyl groups excluding tert-OH is 2. The van der Waals surface area contributed by atoms with Gasteiger partial charge in [-0.2, -0.15) is 0 Å². The average Bonchev–Trinajstić information content (AvgIpc) is 2.56. The zero-order chi connectivity index (χ0) is 19.3. The molecule has 1 aliphatic rings. The Balaban J connectivity index is 2.05. The van der Waals surface area contributed by atoms with Crippen LogP contribution in [0.2, 0.25) is 0 Å². The van der Waals surface area contributed by atoms with Crippen LogP contribution < -0.4 is 4.90 Å². The first kappa shape index (κ1) is 20.9. The summed E-state index contributed by atoms with van der Waals surface area (Å²) < 4.78 is 5.43. The van der Waals surface area contributed by atoms with Gasteiger partial charge in [-0.25, -0.2) is 4.79 Å². The fraction of sp³-hybridized carbons (Fsp3) is 0.632. The first-order valence-electron chi connectivity index (χ1n) is 9.00. The lowest BCUT2D eigenvalue weighted by Crippen LogP contribution is -2.43. The van der Waals surface area contributed by atoms with Gasteiger partial charge in [-0.3, -0.25) is 0 Å². The molecule has 0 spiro atoms. The third-order valence-electron chi connectivity index (χ3n) is 4.09. The zero-order valence-corrected chi connectivity index (χ0v) is 16.9. The highest BCUT2D eigenvalue weighted by molar-refractivity contribution is 7.99. The third kappa shape index (κ3) is 5.79. The Morgan fingerprint density at radius 3 is 2.73 bits per heavy atom. The molecule has 0 aromatic heterocycles. The first-order chi connectivity index (χ1) is 12.2. The van der Waals surface area contributed by atoms with Crippen molar-refractivity contribution in [3.8, 4) is 0 Å². The maximum atomic E-state index is 12.3. The van der Waals surface area contributed by atoms with E-state index in [0.29, 0.717) is 13.1 Å². The zero-order valence-electron chi connectivity index (χ0n) is 16.1. The Labute approximate surface area is 160 Å². The summed E-state index contributed by atoms with van der Waals surface area (Å²) in [5.74, 6) is 0.961. The maximum absolute atomic E-state index is 12.3. The highest BCUT2D eigenvalue weighted by Crippen LogP contribution is 2.36. The quantitative estimate of drug-likeness (QED) is 0.788. The van der Waals surface area contributed by atoms with Crippen LogP contribution in [0.4, 0.5) is 10.5 Å². The molecule has 1 unspecified atom stereocenters. The molecule has 1 heterocycles. The standard InChI is InChI=1S/C19H30N2O4S/c1-14(23)15-5-6-16-17(13-15)26-12-10-20(16)7-8-21(9-11-22)18(24)25-19(2,3)4/h5-6,13-14,22-23H,7-12H2,1-4H3. The van der Waals surface area contributed by atoms with Crippen molar-refractivity contribution in [1.82, 2.24) is 4.90 Å². The van der Waals surface area contributed by atoms with Gasteiger partial charge in [0, 0.05) is 36.8 Å². The number of nitrogens with zero attached hydrogens (tertiary/aromatic N) is 2. The smallest absolute Gasteiger partial charge is 0.410 e. The number of fused-ring (bicyclic) bond motifs is 1. The molecule has 1 atom stereocenters. The summed E-state index contributed by atoms with van der Waals surface area (Å²) in [4.78, 5) is 17.3. The molecule has 7 heteroatoms. The van der Waals surface area contributed by atoms with Crippen molar-refractivity contribution in [2.24, 2.45) is 0 Å². The van der Waals surface area contributed by atoms with Gasteiger partial charge in [0.1, 0.15) is 5.60 Å². The monoisotopic (exact) mass is 382 g/mol. The van der Waals surface area contributed by atoms with Crippen molar-refractivity contribution in [2.45, 2.75) is 44.3 Å². The summed E-state index contributed by atoms with van der Waals surface area (Å²) in [6.07, 6.45) is -0.883. The molecule has 0 bridgehead atoms. The van der Waals surface area contributed by atoms with Crippen molar-refractivity contribution in [2.75, 3.05) is 43.4 Å². The van der Waals surface area contributed by atoms with Crippen LogP contribution >= 0.6 is 11.8 Å². The third-order valence-corrected chi connectivity index (χ3v) is 5.11. The second-order valence-electron chi connectivity index (χ2n) is 7.43. The molecule has 1 aromatic carbocycles. The van der Waals surface area contributed by atoms with Crippen LogP contribution in [-0.4, -0.2) is 65.3 Å². The van der Waals surface area contributed by atoms with Crippen molar-refractivity contribution in [3.05, 3.63) is 23.8 Å². The van der Waals surface area contributed by atoms with E-state index >= 15 is 0 Å². The van der Waals surface area contributed by atoms with Gasteiger partial charge in [-0.05, 0) is 45.4 Å². The Morgan fingerprint density at radius 2 is 2.12 bits per heavy atom. The minimum atomic E-state index is -0.559. The van der Waals surface area contributed by atoms with Crippen LogP contribution in [-0.2, 0) is 4.74 Å². The largest absolute Gasteiger partial charge is 0.444 e. The van der Waals surface area contributed by atoms with Crippen LogP contribution in [0, 0.1) is 0 Å². The number of thioether (sulfide) groups is 1. The summed E-state index contributed by atoms with van der Waals surface area (Å²) >= 11 is 1.78. The van der Waals surface area contributed by atoms with E-state index in [1.54, 1.807) is 23.6 Å². The SMILES string of the molecule is CC(O)c1ccc2c(c1)SCCN2CCN(CCO)C(=O)OC(C)(C)C. The van der Waals surface area contributed by atoms with Gasteiger partial charge in [-0.1, -0.05) is 6.07 Å². The lowest BCUT2D eigenvalue weighted by molar-refractivity contribution is 0.0224. The number of ether oxygens (including phenoxy) is 1. The molecule has 2 N–H and O–H groups in total. The van der Waals surface area contributed by atoms with E-state index in [-0.39, 0.29) is 13.2 Å². The van der Waals surface area contributed by atoms with E-state index in [4.69, 9.17) is 4.74 Å². The fourth-order valence-corrected chi connectivity index (χ4v) is 3.86. The minimum Gasteiger partial charge on any atom is -0.444 e. The van der Waals surface area contributed by atoms with E-state index in [1.165, 1.54) is 0 Å². The first-order valence-corrected chi connectivity index (χ1v) is 9.98. The molecule has 0 fully saturated rings. The molecule has 1 aromatic rings. The topological polar surface area (TPSA) is 73.2 Å². The number of aliphatic hydroxyl groups is 2. The minimum absolute atomic E-state index is 0.0938. The summed E-state index contributed by atoms with van der Waals surface area (Å²) in [7, 11) is 0. The normalized spacial score (nSPS) is 15.4. The Hall–Kier alpha value is -1.44. The molecule has 1 amide bonds. The van der Waals surface area contributed by atoms with Crippen LogP contribution in [0.3, 0.4) is 0 Å². The summed E-state index contributed by atoms with van der Waals surface area (Å²) in [6.45, 7) is 9.47. The van der Waals surface area contributed by atoms with Gasteiger partial charge in [0.15, 0.2) is 0 Å². The Morgan fingerprint density at radius 1 is 1.38 bits per heavy atom. The predicted octanol–water partition coefficient (Wildman–Crippen LogP) is 2.88. The van der Waals surface area contributed by atoms with Gasteiger partial charge in [0.25, 0.3) is 0 Å². The van der Waals surface area contributed by atoms with Crippen molar-refractivity contribution in [3.63, 3.8) is 0 Å². The molecule has 146 valence electrons. The molecule has 0 saturated carbocycles. The van der Waals surface area contributed by atoms with Gasteiger partial charge >= 0.3 is 6.09 Å².